The Morgan fingerprint density at radius 1 is 0.480 bits per heavy atom. The number of pyridine rings is 1. The topological polar surface area (TPSA) is 12.9 Å². The van der Waals surface area contributed by atoms with Gasteiger partial charge in [-0.2, -0.15) is 0 Å². The maximum absolute atomic E-state index is 4.61. The van der Waals surface area contributed by atoms with Gasteiger partial charge in [-0.05, 0) is 50.3 Å². The van der Waals surface area contributed by atoms with Crippen molar-refractivity contribution in [2.24, 2.45) is 0 Å². The predicted molar refractivity (Wildman–Crippen MR) is 108 cm³/mol. The van der Waals surface area contributed by atoms with Crippen molar-refractivity contribution in [1.29, 1.82) is 0 Å². The molecule has 0 aliphatic carbocycles. The lowest BCUT2D eigenvalue weighted by atomic mass is 10.00. The van der Waals surface area contributed by atoms with Crippen molar-refractivity contribution < 1.29 is 0 Å². The molecule has 4 aromatic rings. The zero-order valence-corrected chi connectivity index (χ0v) is 15.1. The Hall–Kier alpha value is -2.71. The van der Waals surface area contributed by atoms with Crippen LogP contribution in [-0.2, 0) is 0 Å². The van der Waals surface area contributed by atoms with E-state index in [4.69, 9.17) is 0 Å². The van der Waals surface area contributed by atoms with Crippen LogP contribution in [0.4, 0.5) is 0 Å². The van der Waals surface area contributed by atoms with Crippen LogP contribution in [-0.4, -0.2) is 4.98 Å². The lowest BCUT2D eigenvalue weighted by molar-refractivity contribution is 1.28. The summed E-state index contributed by atoms with van der Waals surface area (Å²) in [6, 6.07) is 33.5. The third kappa shape index (κ3) is 3.54. The first-order valence-corrected chi connectivity index (χ1v) is 8.98. The van der Waals surface area contributed by atoms with E-state index in [1.807, 2.05) is 24.3 Å². The zero-order valence-electron chi connectivity index (χ0n) is 13.6. The Balaban J connectivity index is 1.71. The molecule has 0 atom stereocenters. The molecular formula is C23H16BrN. The summed E-state index contributed by atoms with van der Waals surface area (Å²) in [5.41, 5.74) is 6.87. The second kappa shape index (κ2) is 7.04. The van der Waals surface area contributed by atoms with Crippen LogP contribution in [0.5, 0.6) is 0 Å². The maximum atomic E-state index is 4.61. The van der Waals surface area contributed by atoms with Gasteiger partial charge in [-0.3, -0.25) is 0 Å². The summed E-state index contributed by atoms with van der Waals surface area (Å²) in [5.74, 6) is 0. The molecule has 2 heteroatoms. The fourth-order valence-electron chi connectivity index (χ4n) is 2.91. The Morgan fingerprint density at radius 2 is 0.960 bits per heavy atom. The lowest BCUT2D eigenvalue weighted by Crippen LogP contribution is -1.87. The maximum Gasteiger partial charge on any atom is 0.107 e. The fourth-order valence-corrected chi connectivity index (χ4v) is 3.34. The first kappa shape index (κ1) is 15.8. The summed E-state index contributed by atoms with van der Waals surface area (Å²) in [5, 5.41) is 0. The lowest BCUT2D eigenvalue weighted by Gasteiger charge is -2.08. The number of nitrogens with zero attached hydrogens (tertiary/aromatic N) is 1. The van der Waals surface area contributed by atoms with E-state index >= 15 is 0 Å². The molecule has 0 spiro atoms. The van der Waals surface area contributed by atoms with Crippen LogP contribution < -0.4 is 0 Å². The van der Waals surface area contributed by atoms with Crippen LogP contribution in [0.1, 0.15) is 0 Å². The van der Waals surface area contributed by atoms with Gasteiger partial charge in [0.15, 0.2) is 0 Å². The van der Waals surface area contributed by atoms with Crippen LogP contribution in [0.25, 0.3) is 33.5 Å². The third-order valence-electron chi connectivity index (χ3n) is 4.19. The number of halogens is 1. The van der Waals surface area contributed by atoms with E-state index in [0.29, 0.717) is 0 Å². The normalized spacial score (nSPS) is 10.6. The van der Waals surface area contributed by atoms with Crippen molar-refractivity contribution in [3.05, 3.63) is 102 Å². The highest BCUT2D eigenvalue weighted by atomic mass is 79.9. The van der Waals surface area contributed by atoms with Crippen molar-refractivity contribution in [3.8, 4) is 33.5 Å². The highest BCUT2D eigenvalue weighted by molar-refractivity contribution is 9.10. The summed E-state index contributed by atoms with van der Waals surface area (Å²) < 4.78 is 0.844. The molecule has 0 unspecified atom stereocenters. The Morgan fingerprint density at radius 3 is 1.56 bits per heavy atom. The number of rotatable bonds is 3. The monoisotopic (exact) mass is 385 g/mol. The summed E-state index contributed by atoms with van der Waals surface area (Å²) >= 11 is 3.55. The van der Waals surface area contributed by atoms with Gasteiger partial charge in [0, 0.05) is 5.56 Å². The molecule has 0 amide bonds. The quantitative estimate of drug-likeness (QED) is 0.351. The van der Waals surface area contributed by atoms with Crippen LogP contribution in [0.15, 0.2) is 102 Å². The molecule has 1 heterocycles. The van der Waals surface area contributed by atoms with Crippen molar-refractivity contribution >= 4 is 15.9 Å². The molecule has 1 nitrogen and oxygen atoms in total. The SMILES string of the molecule is Brc1cc(-c2ccc(-c3ccccc3)cc2)cc(-c2ccccc2)n1. The number of aromatic nitrogens is 1. The van der Waals surface area contributed by atoms with Crippen molar-refractivity contribution in [1.82, 2.24) is 4.98 Å². The molecular weight excluding hydrogens is 370 g/mol. The second-order valence-corrected chi connectivity index (χ2v) is 6.69. The molecule has 0 N–H and O–H groups in total. The molecule has 0 fully saturated rings. The van der Waals surface area contributed by atoms with E-state index in [9.17, 15) is 0 Å². The highest BCUT2D eigenvalue weighted by Gasteiger charge is 2.06. The number of hydrogen-bond donors (Lipinski definition) is 0. The van der Waals surface area contributed by atoms with Gasteiger partial charge in [0.1, 0.15) is 4.60 Å². The standard InChI is InChI=1S/C23H16BrN/c24-23-16-21(15-22(25-23)20-9-5-2-6-10-20)19-13-11-18(12-14-19)17-7-3-1-4-8-17/h1-16H. The molecule has 1 aromatic heterocycles. The molecule has 0 saturated carbocycles. The number of benzene rings is 3. The molecule has 0 aliphatic heterocycles. The van der Waals surface area contributed by atoms with Crippen LogP contribution in [0.2, 0.25) is 0 Å². The average Bonchev–Trinajstić information content (AvgIpc) is 2.69. The van der Waals surface area contributed by atoms with E-state index < -0.39 is 0 Å². The van der Waals surface area contributed by atoms with Crippen LogP contribution >= 0.6 is 15.9 Å². The summed E-state index contributed by atoms with van der Waals surface area (Å²) in [6.45, 7) is 0. The molecule has 0 radical (unpaired) electrons. The highest BCUT2D eigenvalue weighted by Crippen LogP contribution is 2.29. The fraction of sp³-hybridized carbons (Fsp3) is 0. The van der Waals surface area contributed by atoms with E-state index in [-0.39, 0.29) is 0 Å². The molecule has 3 aromatic carbocycles. The minimum atomic E-state index is 0.844. The summed E-state index contributed by atoms with van der Waals surface area (Å²) in [6.07, 6.45) is 0. The molecule has 0 bridgehead atoms. The molecule has 4 rings (SSSR count). The molecule has 25 heavy (non-hydrogen) atoms. The van der Waals surface area contributed by atoms with Crippen molar-refractivity contribution in [3.63, 3.8) is 0 Å². The first-order chi connectivity index (χ1) is 12.3. The van der Waals surface area contributed by atoms with Gasteiger partial charge in [0.25, 0.3) is 0 Å². The largest absolute Gasteiger partial charge is 0.241 e. The minimum absolute atomic E-state index is 0.844. The third-order valence-corrected chi connectivity index (χ3v) is 4.60. The van der Waals surface area contributed by atoms with Gasteiger partial charge in [-0.1, -0.05) is 84.9 Å². The van der Waals surface area contributed by atoms with Gasteiger partial charge in [-0.25, -0.2) is 4.98 Å². The molecule has 0 saturated heterocycles. The minimum Gasteiger partial charge on any atom is -0.241 e. The molecule has 120 valence electrons. The Kier molecular flexibility index (Phi) is 4.45. The first-order valence-electron chi connectivity index (χ1n) is 8.18. The van der Waals surface area contributed by atoms with E-state index in [1.54, 1.807) is 0 Å². The Bertz CT molecular complexity index is 977. The van der Waals surface area contributed by atoms with Gasteiger partial charge in [0.05, 0.1) is 5.69 Å². The predicted octanol–water partition coefficient (Wildman–Crippen LogP) is 6.85. The zero-order chi connectivity index (χ0) is 17.1. The Labute approximate surface area is 156 Å². The van der Waals surface area contributed by atoms with Gasteiger partial charge < -0.3 is 0 Å². The summed E-state index contributed by atoms with van der Waals surface area (Å²) in [7, 11) is 0. The van der Waals surface area contributed by atoms with Gasteiger partial charge >= 0.3 is 0 Å². The van der Waals surface area contributed by atoms with Crippen molar-refractivity contribution in [2.75, 3.05) is 0 Å². The van der Waals surface area contributed by atoms with E-state index in [0.717, 1.165) is 21.4 Å². The van der Waals surface area contributed by atoms with Gasteiger partial charge in [0.2, 0.25) is 0 Å². The van der Waals surface area contributed by atoms with E-state index in [1.165, 1.54) is 16.7 Å². The van der Waals surface area contributed by atoms with E-state index in [2.05, 4.69) is 93.7 Å². The molecule has 0 aliphatic rings. The summed E-state index contributed by atoms with van der Waals surface area (Å²) in [4.78, 5) is 4.61. The van der Waals surface area contributed by atoms with Crippen molar-refractivity contribution in [2.45, 2.75) is 0 Å². The van der Waals surface area contributed by atoms with Gasteiger partial charge in [-0.15, -0.1) is 0 Å². The smallest absolute Gasteiger partial charge is 0.107 e. The average molecular weight is 386 g/mol. The second-order valence-electron chi connectivity index (χ2n) is 5.87. The number of hydrogen-bond acceptors (Lipinski definition) is 1. The van der Waals surface area contributed by atoms with Crippen LogP contribution in [0, 0.1) is 0 Å². The van der Waals surface area contributed by atoms with Crippen LogP contribution in [0.3, 0.4) is 0 Å².